The van der Waals surface area contributed by atoms with E-state index in [9.17, 15) is 8.42 Å². The van der Waals surface area contributed by atoms with E-state index in [0.29, 0.717) is 0 Å². The lowest BCUT2D eigenvalue weighted by Crippen LogP contribution is -2.10. The summed E-state index contributed by atoms with van der Waals surface area (Å²) in [5.74, 6) is 0. The summed E-state index contributed by atoms with van der Waals surface area (Å²) in [5, 5.41) is 7.87. The maximum absolute atomic E-state index is 10.9. The largest absolute Gasteiger partial charge is 0.296 e. The zero-order valence-electron chi connectivity index (χ0n) is 6.82. The van der Waals surface area contributed by atoms with Crippen LogP contribution in [0.15, 0.2) is 39.6 Å². The van der Waals surface area contributed by atoms with Crippen molar-refractivity contribution >= 4 is 15.8 Å². The molecule has 0 aromatic heterocycles. The zero-order chi connectivity index (χ0) is 10.2. The number of rotatable bonds is 3. The van der Waals surface area contributed by atoms with Gasteiger partial charge in [0.25, 0.3) is 10.1 Å². The molecule has 0 amide bonds. The first-order chi connectivity index (χ1) is 6.57. The smallest absolute Gasteiger partial charge is 0.282 e. The van der Waals surface area contributed by atoms with Crippen molar-refractivity contribution in [2.24, 2.45) is 10.4 Å². The molecule has 0 radical (unpaired) electrons. The van der Waals surface area contributed by atoms with E-state index in [1.54, 1.807) is 6.07 Å². The molecule has 0 saturated carbocycles. The topological polar surface area (TPSA) is 94.1 Å². The van der Waals surface area contributed by atoms with Crippen molar-refractivity contribution in [3.63, 3.8) is 0 Å². The predicted octanol–water partition coefficient (Wildman–Crippen LogP) is 0.858. The highest BCUT2D eigenvalue weighted by atomic mass is 32.2. The number of hydrazine groups is 1. The SMILES string of the molecule is O=S(=O)(O)c1ccccc1NN1N=N1. The summed E-state index contributed by atoms with van der Waals surface area (Å²) in [4.78, 5) is -0.211. The summed E-state index contributed by atoms with van der Waals surface area (Å²) in [6.45, 7) is 0. The third kappa shape index (κ3) is 1.80. The first-order valence-electron chi connectivity index (χ1n) is 3.62. The molecular formula is C6H6N4O3S. The van der Waals surface area contributed by atoms with Gasteiger partial charge in [-0.05, 0) is 27.8 Å². The van der Waals surface area contributed by atoms with Crippen LogP contribution in [0.5, 0.6) is 0 Å². The van der Waals surface area contributed by atoms with Crippen molar-refractivity contribution in [3.05, 3.63) is 24.3 Å². The van der Waals surface area contributed by atoms with E-state index in [0.717, 1.165) is 5.23 Å². The zero-order valence-corrected chi connectivity index (χ0v) is 7.64. The maximum atomic E-state index is 10.9. The molecule has 0 atom stereocenters. The lowest BCUT2D eigenvalue weighted by atomic mass is 10.3. The molecule has 14 heavy (non-hydrogen) atoms. The second kappa shape index (κ2) is 2.93. The molecule has 7 nitrogen and oxygen atoms in total. The van der Waals surface area contributed by atoms with E-state index in [-0.39, 0.29) is 10.6 Å². The highest BCUT2D eigenvalue weighted by Crippen LogP contribution is 2.22. The monoisotopic (exact) mass is 214 g/mol. The Morgan fingerprint density at radius 3 is 2.50 bits per heavy atom. The highest BCUT2D eigenvalue weighted by molar-refractivity contribution is 7.86. The number of nitrogens with zero attached hydrogens (tertiary/aromatic N) is 3. The number of para-hydroxylation sites is 1. The van der Waals surface area contributed by atoms with Gasteiger partial charge < -0.3 is 0 Å². The second-order valence-corrected chi connectivity index (χ2v) is 3.94. The molecule has 0 saturated heterocycles. The molecule has 1 aliphatic rings. The van der Waals surface area contributed by atoms with Crippen LogP contribution in [0.4, 0.5) is 5.69 Å². The predicted molar refractivity (Wildman–Crippen MR) is 46.6 cm³/mol. The normalized spacial score (nSPS) is 14.2. The molecule has 1 aromatic rings. The van der Waals surface area contributed by atoms with Gasteiger partial charge in [0.15, 0.2) is 0 Å². The number of hydrogen-bond donors (Lipinski definition) is 2. The van der Waals surface area contributed by atoms with E-state index < -0.39 is 10.1 Å². The van der Waals surface area contributed by atoms with E-state index >= 15 is 0 Å². The molecule has 74 valence electrons. The van der Waals surface area contributed by atoms with E-state index in [1.807, 2.05) is 0 Å². The number of hydrogen-bond acceptors (Lipinski definition) is 6. The third-order valence-corrected chi connectivity index (χ3v) is 2.48. The van der Waals surface area contributed by atoms with Crippen LogP contribution in [0, 0.1) is 0 Å². The highest BCUT2D eigenvalue weighted by Gasteiger charge is 2.18. The second-order valence-electron chi connectivity index (χ2n) is 2.55. The van der Waals surface area contributed by atoms with Crippen molar-refractivity contribution in [2.75, 3.05) is 5.43 Å². The van der Waals surface area contributed by atoms with Crippen LogP contribution in [-0.4, -0.2) is 18.2 Å². The Morgan fingerprint density at radius 1 is 1.29 bits per heavy atom. The Bertz CT molecular complexity index is 478. The van der Waals surface area contributed by atoms with Crippen LogP contribution >= 0.6 is 0 Å². The molecule has 0 bridgehead atoms. The van der Waals surface area contributed by atoms with Crippen molar-refractivity contribution in [1.82, 2.24) is 5.23 Å². The standard InChI is InChI=1S/C6H6N4O3S/c11-14(12,13)6-4-2-1-3-5(6)7-10-8-9-10/h1-4,7H,(H,11,12,13). The fourth-order valence-electron chi connectivity index (χ4n) is 0.956. The minimum absolute atomic E-state index is 0.211. The number of benzene rings is 1. The van der Waals surface area contributed by atoms with Crippen LogP contribution in [0.3, 0.4) is 0 Å². The fraction of sp³-hybridized carbons (Fsp3) is 0. The van der Waals surface area contributed by atoms with Gasteiger partial charge in [0.05, 0.1) is 5.69 Å². The average molecular weight is 214 g/mol. The third-order valence-electron chi connectivity index (χ3n) is 1.56. The van der Waals surface area contributed by atoms with Crippen molar-refractivity contribution in [3.8, 4) is 0 Å². The van der Waals surface area contributed by atoms with E-state index in [2.05, 4.69) is 15.9 Å². The molecule has 2 N–H and O–H groups in total. The quantitative estimate of drug-likeness (QED) is 0.727. The van der Waals surface area contributed by atoms with Crippen LogP contribution < -0.4 is 5.43 Å². The first kappa shape index (κ1) is 8.91. The minimum Gasteiger partial charge on any atom is -0.282 e. The molecular weight excluding hydrogens is 208 g/mol. The van der Waals surface area contributed by atoms with E-state index in [4.69, 9.17) is 4.55 Å². The Labute approximate surface area is 79.7 Å². The molecule has 0 unspecified atom stereocenters. The Hall–Kier alpha value is -1.67. The van der Waals surface area contributed by atoms with Gasteiger partial charge in [-0.25, -0.2) is 0 Å². The first-order valence-corrected chi connectivity index (χ1v) is 5.06. The summed E-state index contributed by atoms with van der Waals surface area (Å²) in [7, 11) is -4.22. The summed E-state index contributed by atoms with van der Waals surface area (Å²) >= 11 is 0. The van der Waals surface area contributed by atoms with Crippen molar-refractivity contribution in [2.45, 2.75) is 4.90 Å². The Balaban J connectivity index is 2.37. The van der Waals surface area contributed by atoms with Crippen LogP contribution in [0.1, 0.15) is 0 Å². The summed E-state index contributed by atoms with van der Waals surface area (Å²) in [6.07, 6.45) is 0. The number of nitrogens with one attached hydrogen (secondary N) is 1. The molecule has 1 aromatic carbocycles. The fourth-order valence-corrected chi connectivity index (χ4v) is 1.60. The Kier molecular flexibility index (Phi) is 1.86. The van der Waals surface area contributed by atoms with Crippen LogP contribution in [-0.2, 0) is 10.1 Å². The van der Waals surface area contributed by atoms with E-state index in [1.165, 1.54) is 18.2 Å². The molecule has 0 spiro atoms. The van der Waals surface area contributed by atoms with Gasteiger partial charge in [-0.15, -0.1) is 0 Å². The molecule has 0 aliphatic carbocycles. The van der Waals surface area contributed by atoms with Gasteiger partial charge in [0.2, 0.25) is 0 Å². The lowest BCUT2D eigenvalue weighted by Gasteiger charge is -2.06. The average Bonchev–Trinajstić information content (AvgIpc) is 2.87. The summed E-state index contributed by atoms with van der Waals surface area (Å²) in [6, 6.07) is 5.90. The number of anilines is 1. The van der Waals surface area contributed by atoms with Gasteiger partial charge in [-0.1, -0.05) is 12.1 Å². The molecule has 8 heteroatoms. The van der Waals surface area contributed by atoms with Crippen molar-refractivity contribution < 1.29 is 13.0 Å². The van der Waals surface area contributed by atoms with Gasteiger partial charge >= 0.3 is 0 Å². The molecule has 2 rings (SSSR count). The minimum atomic E-state index is -4.22. The molecule has 0 fully saturated rings. The van der Waals surface area contributed by atoms with Gasteiger partial charge in [0.1, 0.15) is 4.90 Å². The molecule has 1 aliphatic heterocycles. The maximum Gasteiger partial charge on any atom is 0.296 e. The lowest BCUT2D eigenvalue weighted by molar-refractivity contribution is 0.482. The molecule has 1 heterocycles. The summed E-state index contributed by atoms with van der Waals surface area (Å²) in [5.41, 5.74) is 2.77. The Morgan fingerprint density at radius 2 is 1.93 bits per heavy atom. The van der Waals surface area contributed by atoms with Gasteiger partial charge in [-0.2, -0.15) is 8.42 Å². The van der Waals surface area contributed by atoms with Crippen LogP contribution in [0.25, 0.3) is 0 Å². The van der Waals surface area contributed by atoms with Crippen molar-refractivity contribution in [1.29, 1.82) is 0 Å². The van der Waals surface area contributed by atoms with Gasteiger partial charge in [-0.3, -0.25) is 9.98 Å². The van der Waals surface area contributed by atoms with Gasteiger partial charge in [0, 0.05) is 0 Å². The summed E-state index contributed by atoms with van der Waals surface area (Å²) < 4.78 is 30.6. The van der Waals surface area contributed by atoms with Crippen LogP contribution in [0.2, 0.25) is 0 Å².